The molecular formula is C29H47N4O2S2+. The van der Waals surface area contributed by atoms with Crippen LogP contribution in [0.15, 0.2) is 48.5 Å². The maximum Gasteiger partial charge on any atom is 0.152 e. The Morgan fingerprint density at radius 2 is 1.41 bits per heavy atom. The van der Waals surface area contributed by atoms with Crippen molar-refractivity contribution in [2.45, 2.75) is 12.8 Å². The molecule has 6 nitrogen and oxygen atoms in total. The lowest BCUT2D eigenvalue weighted by Crippen LogP contribution is -2.43. The van der Waals surface area contributed by atoms with Gasteiger partial charge in [0.1, 0.15) is 5.75 Å². The monoisotopic (exact) mass is 547 g/mol. The molecule has 0 aliphatic rings. The first-order valence-corrected chi connectivity index (χ1v) is 15.6. The van der Waals surface area contributed by atoms with Gasteiger partial charge in [0.25, 0.3) is 0 Å². The zero-order valence-electron chi connectivity index (χ0n) is 23.7. The topological polar surface area (TPSA) is 36.0 Å². The molecule has 2 aromatic carbocycles. The van der Waals surface area contributed by atoms with Crippen molar-refractivity contribution in [3.05, 3.63) is 54.1 Å². The molecule has 0 saturated carbocycles. The summed E-state index contributed by atoms with van der Waals surface area (Å²) in [6.45, 7) is 6.47. The highest BCUT2D eigenvalue weighted by atomic mass is 33.1. The van der Waals surface area contributed by atoms with Crippen LogP contribution in [0.1, 0.15) is 23.2 Å². The summed E-state index contributed by atoms with van der Waals surface area (Å²) in [5, 5.41) is 0. The van der Waals surface area contributed by atoms with Gasteiger partial charge in [-0.05, 0) is 44.3 Å². The van der Waals surface area contributed by atoms with E-state index < -0.39 is 0 Å². The first-order valence-electron chi connectivity index (χ1n) is 13.1. The van der Waals surface area contributed by atoms with Gasteiger partial charge in [0.2, 0.25) is 0 Å². The second-order valence-electron chi connectivity index (χ2n) is 10.2. The number of nitrogens with zero attached hydrogens (tertiary/aromatic N) is 4. The number of para-hydroxylation sites is 3. The average molecular weight is 548 g/mol. The molecule has 0 heterocycles. The molecule has 0 unspecified atom stereocenters. The molecule has 2 rings (SSSR count). The first kappa shape index (κ1) is 31.3. The van der Waals surface area contributed by atoms with Crippen LogP contribution in [0.3, 0.4) is 0 Å². The largest absolute Gasteiger partial charge is 0.495 e. The standard InChI is InChI=1S/C29H47N4O2S2/c1-30(17-11-18-31(2)27-14-8-7-13-26(27)25-34)20-23-36-37-24-22-33(4,5)21-12-19-32(3)28-15-9-10-16-29(28)35-6/h7-10,13-16,25H,11-12,17-24H2,1-6H3/q+1. The van der Waals surface area contributed by atoms with Crippen molar-refractivity contribution in [1.82, 2.24) is 4.90 Å². The summed E-state index contributed by atoms with van der Waals surface area (Å²) in [7, 11) is 16.8. The van der Waals surface area contributed by atoms with Crippen LogP contribution in [0, 0.1) is 0 Å². The predicted molar refractivity (Wildman–Crippen MR) is 165 cm³/mol. The van der Waals surface area contributed by atoms with E-state index in [2.05, 4.69) is 62.1 Å². The number of aldehydes is 1. The minimum absolute atomic E-state index is 0.758. The van der Waals surface area contributed by atoms with Gasteiger partial charge < -0.3 is 23.9 Å². The summed E-state index contributed by atoms with van der Waals surface area (Å²) < 4.78 is 6.55. The van der Waals surface area contributed by atoms with E-state index in [0.29, 0.717) is 0 Å². The smallest absolute Gasteiger partial charge is 0.152 e. The number of carbonyl (C=O) groups is 1. The molecule has 0 amide bonds. The van der Waals surface area contributed by atoms with Crippen LogP contribution >= 0.6 is 21.6 Å². The number of rotatable bonds is 19. The van der Waals surface area contributed by atoms with Gasteiger partial charge in [0.15, 0.2) is 6.29 Å². The van der Waals surface area contributed by atoms with Crippen molar-refractivity contribution in [2.75, 3.05) is 103 Å². The lowest BCUT2D eigenvalue weighted by atomic mass is 10.2. The Bertz CT molecular complexity index is 928. The van der Waals surface area contributed by atoms with Gasteiger partial charge in [-0.3, -0.25) is 4.79 Å². The summed E-state index contributed by atoms with van der Waals surface area (Å²) in [5.74, 6) is 3.25. The molecule has 0 saturated heterocycles. The Hall–Kier alpha value is -1.87. The quantitative estimate of drug-likeness (QED) is 0.103. The Morgan fingerprint density at radius 3 is 2.14 bits per heavy atom. The van der Waals surface area contributed by atoms with E-state index in [1.165, 1.54) is 18.8 Å². The normalized spacial score (nSPS) is 11.5. The first-order chi connectivity index (χ1) is 17.8. The lowest BCUT2D eigenvalue weighted by Gasteiger charge is -2.31. The average Bonchev–Trinajstić information content (AvgIpc) is 2.90. The molecule has 0 aromatic heterocycles. The Balaban J connectivity index is 1.53. The fraction of sp³-hybridized carbons (Fsp3) is 0.552. The van der Waals surface area contributed by atoms with E-state index in [1.54, 1.807) is 7.11 Å². The molecule has 8 heteroatoms. The molecule has 0 bridgehead atoms. The maximum absolute atomic E-state index is 11.3. The molecular weight excluding hydrogens is 500 g/mol. The summed E-state index contributed by atoms with van der Waals surface area (Å²) in [6, 6.07) is 16.0. The van der Waals surface area contributed by atoms with Gasteiger partial charge in [0.05, 0.1) is 45.7 Å². The van der Waals surface area contributed by atoms with Crippen LogP contribution in [-0.2, 0) is 0 Å². The molecule has 0 atom stereocenters. The van der Waals surface area contributed by atoms with Gasteiger partial charge in [-0.15, -0.1) is 0 Å². The Morgan fingerprint density at radius 1 is 0.784 bits per heavy atom. The number of hydrogen-bond acceptors (Lipinski definition) is 7. The Kier molecular flexibility index (Phi) is 14.3. The number of carbonyl (C=O) groups excluding carboxylic acids is 1. The summed E-state index contributed by atoms with van der Waals surface area (Å²) >= 11 is 0. The van der Waals surface area contributed by atoms with E-state index in [1.807, 2.05) is 58.0 Å². The van der Waals surface area contributed by atoms with Crippen LogP contribution in [0.5, 0.6) is 5.75 Å². The van der Waals surface area contributed by atoms with Crippen LogP contribution in [0.2, 0.25) is 0 Å². The Labute approximate surface area is 233 Å². The lowest BCUT2D eigenvalue weighted by molar-refractivity contribution is -0.887. The second-order valence-corrected chi connectivity index (χ2v) is 12.9. The molecule has 0 aliphatic carbocycles. The van der Waals surface area contributed by atoms with Crippen LogP contribution in [0.4, 0.5) is 11.4 Å². The molecule has 37 heavy (non-hydrogen) atoms. The highest BCUT2D eigenvalue weighted by Gasteiger charge is 2.16. The van der Waals surface area contributed by atoms with Crippen molar-refractivity contribution < 1.29 is 14.0 Å². The summed E-state index contributed by atoms with van der Waals surface area (Å²) in [5.41, 5.74) is 2.92. The van der Waals surface area contributed by atoms with Gasteiger partial charge in [-0.2, -0.15) is 0 Å². The van der Waals surface area contributed by atoms with Crippen LogP contribution < -0.4 is 14.5 Å². The van der Waals surface area contributed by atoms with E-state index >= 15 is 0 Å². The maximum atomic E-state index is 11.3. The molecule has 206 valence electrons. The van der Waals surface area contributed by atoms with E-state index in [9.17, 15) is 4.79 Å². The summed E-state index contributed by atoms with van der Waals surface area (Å²) in [4.78, 5) is 18.1. The van der Waals surface area contributed by atoms with Crippen LogP contribution in [-0.4, -0.2) is 109 Å². The minimum atomic E-state index is 0.758. The fourth-order valence-corrected chi connectivity index (χ4v) is 6.60. The predicted octanol–water partition coefficient (Wildman–Crippen LogP) is 5.25. The number of hydrogen-bond donors (Lipinski definition) is 0. The number of anilines is 2. The van der Waals surface area contributed by atoms with E-state index in [-0.39, 0.29) is 0 Å². The zero-order chi connectivity index (χ0) is 27.1. The highest BCUT2D eigenvalue weighted by Crippen LogP contribution is 2.27. The van der Waals surface area contributed by atoms with Crippen LogP contribution in [0.25, 0.3) is 0 Å². The number of benzene rings is 2. The SMILES string of the molecule is COc1ccccc1N(C)CCC[N+](C)(C)CCSSCCN(C)CCCN(C)c1ccccc1C=O. The third kappa shape index (κ3) is 11.6. The van der Waals surface area contributed by atoms with Crippen molar-refractivity contribution in [3.8, 4) is 5.75 Å². The van der Waals surface area contributed by atoms with Crippen molar-refractivity contribution in [3.63, 3.8) is 0 Å². The molecule has 0 N–H and O–H groups in total. The third-order valence-corrected chi connectivity index (χ3v) is 9.05. The number of quaternary nitrogens is 1. The number of ether oxygens (including phenoxy) is 1. The molecule has 2 aromatic rings. The molecule has 0 spiro atoms. The molecule has 0 fully saturated rings. The fourth-order valence-electron chi connectivity index (χ4n) is 4.25. The van der Waals surface area contributed by atoms with E-state index in [4.69, 9.17) is 4.74 Å². The van der Waals surface area contributed by atoms with Gasteiger partial charge in [-0.25, -0.2) is 0 Å². The molecule has 0 aliphatic heterocycles. The minimum Gasteiger partial charge on any atom is -0.495 e. The highest BCUT2D eigenvalue weighted by molar-refractivity contribution is 8.76. The van der Waals surface area contributed by atoms with E-state index in [0.717, 1.165) is 78.2 Å². The molecule has 0 radical (unpaired) electrons. The van der Waals surface area contributed by atoms with Gasteiger partial charge in [-0.1, -0.05) is 45.9 Å². The van der Waals surface area contributed by atoms with Crippen molar-refractivity contribution >= 4 is 39.2 Å². The van der Waals surface area contributed by atoms with Crippen molar-refractivity contribution in [2.24, 2.45) is 0 Å². The zero-order valence-corrected chi connectivity index (χ0v) is 25.3. The third-order valence-electron chi connectivity index (χ3n) is 6.68. The van der Waals surface area contributed by atoms with Crippen molar-refractivity contribution in [1.29, 1.82) is 0 Å². The van der Waals surface area contributed by atoms with Gasteiger partial charge in [0, 0.05) is 57.2 Å². The number of methoxy groups -OCH3 is 1. The second kappa shape index (κ2) is 16.9. The van der Waals surface area contributed by atoms with Gasteiger partial charge >= 0.3 is 0 Å². The summed E-state index contributed by atoms with van der Waals surface area (Å²) in [6.07, 6.45) is 3.17.